The van der Waals surface area contributed by atoms with E-state index in [1.54, 1.807) is 0 Å². The fourth-order valence-electron chi connectivity index (χ4n) is 4.11. The molecule has 0 aromatic carbocycles. The molecule has 0 saturated heterocycles. The van der Waals surface area contributed by atoms with Crippen LogP contribution in [-0.2, 0) is 0 Å². The zero-order chi connectivity index (χ0) is 20.5. The third-order valence-electron chi connectivity index (χ3n) is 6.08. The van der Waals surface area contributed by atoms with Crippen LogP contribution in [0, 0.1) is 0 Å². The molecular weight excluding hydrogens is 340 g/mol. The maximum atomic E-state index is 5.63. The van der Waals surface area contributed by atoms with Crippen LogP contribution in [0.25, 0.3) is 0 Å². The van der Waals surface area contributed by atoms with Gasteiger partial charge in [0.15, 0.2) is 0 Å². The fourth-order valence-corrected chi connectivity index (χ4v) is 4.11. The molecule has 0 amide bonds. The van der Waals surface area contributed by atoms with Crippen LogP contribution in [0.1, 0.15) is 142 Å². The van der Waals surface area contributed by atoms with E-state index in [1.807, 2.05) is 0 Å². The molecule has 28 heavy (non-hydrogen) atoms. The molecule has 0 atom stereocenters. The van der Waals surface area contributed by atoms with E-state index in [1.165, 1.54) is 148 Å². The highest BCUT2D eigenvalue weighted by Crippen LogP contribution is 2.12. The number of nitrogens with zero attached hydrogens (tertiary/aromatic N) is 1. The molecule has 0 spiro atoms. The summed E-state index contributed by atoms with van der Waals surface area (Å²) in [6.45, 7) is 9.46. The van der Waals surface area contributed by atoms with E-state index < -0.39 is 0 Å². The number of hydrogen-bond donors (Lipinski definition) is 1. The van der Waals surface area contributed by atoms with Crippen molar-refractivity contribution in [2.45, 2.75) is 142 Å². The molecule has 0 bridgehead atoms. The van der Waals surface area contributed by atoms with Crippen LogP contribution in [-0.4, -0.2) is 31.1 Å². The molecule has 2 heteroatoms. The summed E-state index contributed by atoms with van der Waals surface area (Å²) >= 11 is 0. The summed E-state index contributed by atoms with van der Waals surface area (Å²) in [5.74, 6) is 0. The van der Waals surface area contributed by atoms with E-state index >= 15 is 0 Å². The van der Waals surface area contributed by atoms with E-state index in [0.717, 1.165) is 6.54 Å². The average molecular weight is 397 g/mol. The van der Waals surface area contributed by atoms with Crippen LogP contribution in [0.4, 0.5) is 0 Å². The molecule has 0 fully saturated rings. The molecule has 0 aromatic heterocycles. The molecule has 0 saturated carbocycles. The Bertz CT molecular complexity index is 247. The lowest BCUT2D eigenvalue weighted by atomic mass is 10.1. The number of hydrogen-bond acceptors (Lipinski definition) is 2. The Kier molecular flexibility index (Phi) is 24.9. The fraction of sp³-hybridized carbons (Fsp3) is 1.00. The molecule has 170 valence electrons. The quantitative estimate of drug-likeness (QED) is 0.167. The second kappa shape index (κ2) is 25.0. The van der Waals surface area contributed by atoms with Crippen LogP contribution < -0.4 is 5.73 Å². The summed E-state index contributed by atoms with van der Waals surface area (Å²) in [5.41, 5.74) is 5.63. The second-order valence-electron chi connectivity index (χ2n) is 8.99. The van der Waals surface area contributed by atoms with Crippen molar-refractivity contribution in [3.63, 3.8) is 0 Å². The number of unbranched alkanes of at least 4 members (excludes halogenated alkanes) is 17. The molecule has 2 N–H and O–H groups in total. The molecule has 0 aliphatic heterocycles. The number of rotatable bonds is 24. The standard InChI is InChI=1S/C26H56N2/c1-3-5-7-9-11-13-16-20-24-28(26-22-18-15-19-23-27)25-21-17-14-12-10-8-6-4-2/h3-27H2,1-2H3. The van der Waals surface area contributed by atoms with Crippen LogP contribution in [0.3, 0.4) is 0 Å². The smallest absolute Gasteiger partial charge is 0.00187 e. The second-order valence-corrected chi connectivity index (χ2v) is 8.99. The molecule has 0 heterocycles. The van der Waals surface area contributed by atoms with Crippen molar-refractivity contribution in [3.05, 3.63) is 0 Å². The third kappa shape index (κ3) is 22.2. The minimum atomic E-state index is 0.861. The summed E-state index contributed by atoms with van der Waals surface area (Å²) in [4.78, 5) is 2.77. The van der Waals surface area contributed by atoms with Gasteiger partial charge in [-0.3, -0.25) is 0 Å². The largest absolute Gasteiger partial charge is 0.330 e. The monoisotopic (exact) mass is 396 g/mol. The minimum Gasteiger partial charge on any atom is -0.330 e. The lowest BCUT2D eigenvalue weighted by Crippen LogP contribution is -2.27. The van der Waals surface area contributed by atoms with Gasteiger partial charge in [0.1, 0.15) is 0 Å². The summed E-state index contributed by atoms with van der Waals surface area (Å²) in [6.07, 6.45) is 28.1. The highest BCUT2D eigenvalue weighted by molar-refractivity contribution is 4.60. The van der Waals surface area contributed by atoms with Crippen LogP contribution in [0.5, 0.6) is 0 Å². The summed E-state index contributed by atoms with van der Waals surface area (Å²) in [6, 6.07) is 0. The topological polar surface area (TPSA) is 29.3 Å². The zero-order valence-electron chi connectivity index (χ0n) is 20.0. The summed E-state index contributed by atoms with van der Waals surface area (Å²) < 4.78 is 0. The van der Waals surface area contributed by atoms with Gasteiger partial charge in [-0.05, 0) is 51.9 Å². The highest BCUT2D eigenvalue weighted by atomic mass is 15.1. The molecule has 0 unspecified atom stereocenters. The third-order valence-corrected chi connectivity index (χ3v) is 6.08. The van der Waals surface area contributed by atoms with Crippen molar-refractivity contribution in [2.75, 3.05) is 26.2 Å². The lowest BCUT2D eigenvalue weighted by molar-refractivity contribution is 0.254. The predicted molar refractivity (Wildman–Crippen MR) is 129 cm³/mol. The van der Waals surface area contributed by atoms with Gasteiger partial charge in [-0.2, -0.15) is 0 Å². The minimum absolute atomic E-state index is 0.861. The van der Waals surface area contributed by atoms with Crippen molar-refractivity contribution in [1.82, 2.24) is 4.90 Å². The van der Waals surface area contributed by atoms with Gasteiger partial charge in [-0.15, -0.1) is 0 Å². The van der Waals surface area contributed by atoms with E-state index in [2.05, 4.69) is 18.7 Å². The molecule has 0 rings (SSSR count). The molecule has 0 radical (unpaired) electrons. The van der Waals surface area contributed by atoms with Gasteiger partial charge in [-0.1, -0.05) is 117 Å². The normalized spacial score (nSPS) is 11.6. The summed E-state index contributed by atoms with van der Waals surface area (Å²) in [7, 11) is 0. The Morgan fingerprint density at radius 3 is 1.00 bits per heavy atom. The Hall–Kier alpha value is -0.0800. The van der Waals surface area contributed by atoms with E-state index in [9.17, 15) is 0 Å². The van der Waals surface area contributed by atoms with Crippen molar-refractivity contribution >= 4 is 0 Å². The van der Waals surface area contributed by atoms with Gasteiger partial charge in [0.2, 0.25) is 0 Å². The maximum absolute atomic E-state index is 5.63. The summed E-state index contributed by atoms with van der Waals surface area (Å²) in [5, 5.41) is 0. The Morgan fingerprint density at radius 2 is 0.679 bits per heavy atom. The van der Waals surface area contributed by atoms with Crippen LogP contribution in [0.2, 0.25) is 0 Å². The predicted octanol–water partition coefficient (Wildman–Crippen LogP) is 8.09. The SMILES string of the molecule is CCCCCCCCCCN(CCCCCCN)CCCCCCCCCC. The van der Waals surface area contributed by atoms with E-state index in [-0.39, 0.29) is 0 Å². The maximum Gasteiger partial charge on any atom is -0.00187 e. The lowest BCUT2D eigenvalue weighted by Gasteiger charge is -2.22. The van der Waals surface area contributed by atoms with Gasteiger partial charge in [0.05, 0.1) is 0 Å². The van der Waals surface area contributed by atoms with Crippen LogP contribution in [0.15, 0.2) is 0 Å². The molecule has 0 aliphatic carbocycles. The first-order chi connectivity index (χ1) is 13.8. The molecule has 0 aromatic rings. The van der Waals surface area contributed by atoms with Gasteiger partial charge in [0, 0.05) is 0 Å². The van der Waals surface area contributed by atoms with E-state index in [0.29, 0.717) is 0 Å². The Morgan fingerprint density at radius 1 is 0.393 bits per heavy atom. The first-order valence-corrected chi connectivity index (χ1v) is 13.3. The average Bonchev–Trinajstić information content (AvgIpc) is 2.71. The first-order valence-electron chi connectivity index (χ1n) is 13.3. The van der Waals surface area contributed by atoms with E-state index in [4.69, 9.17) is 5.73 Å². The van der Waals surface area contributed by atoms with Gasteiger partial charge < -0.3 is 10.6 Å². The van der Waals surface area contributed by atoms with Crippen molar-refractivity contribution < 1.29 is 0 Å². The van der Waals surface area contributed by atoms with Gasteiger partial charge >= 0.3 is 0 Å². The molecule has 2 nitrogen and oxygen atoms in total. The Balaban J connectivity index is 3.75. The first kappa shape index (κ1) is 27.9. The van der Waals surface area contributed by atoms with Gasteiger partial charge in [-0.25, -0.2) is 0 Å². The molecular formula is C26H56N2. The van der Waals surface area contributed by atoms with Crippen molar-refractivity contribution in [3.8, 4) is 0 Å². The number of nitrogens with two attached hydrogens (primary N) is 1. The zero-order valence-corrected chi connectivity index (χ0v) is 20.0. The van der Waals surface area contributed by atoms with Crippen molar-refractivity contribution in [2.24, 2.45) is 5.73 Å². The van der Waals surface area contributed by atoms with Crippen LogP contribution >= 0.6 is 0 Å². The van der Waals surface area contributed by atoms with Crippen molar-refractivity contribution in [1.29, 1.82) is 0 Å². The Labute approximate surface area is 179 Å². The van der Waals surface area contributed by atoms with Gasteiger partial charge in [0.25, 0.3) is 0 Å². The highest BCUT2D eigenvalue weighted by Gasteiger charge is 2.05. The molecule has 0 aliphatic rings.